The Hall–Kier alpha value is -3.75. The zero-order valence-corrected chi connectivity index (χ0v) is 17.1. The van der Waals surface area contributed by atoms with E-state index in [1.165, 1.54) is 6.07 Å². The zero-order chi connectivity index (χ0) is 22.4. The highest BCUT2D eigenvalue weighted by Crippen LogP contribution is 2.21. The fraction of sp³-hybridized carbons (Fsp3) is 0.318. The Morgan fingerprint density at radius 3 is 2.32 bits per heavy atom. The van der Waals surface area contributed by atoms with Crippen molar-refractivity contribution in [3.8, 4) is 0 Å². The number of hydrogen-bond donors (Lipinski definition) is 1. The number of carbonyl (C=O) groups is 3. The van der Waals surface area contributed by atoms with Crippen molar-refractivity contribution >= 4 is 23.5 Å². The molecule has 162 valence electrons. The Bertz CT molecular complexity index is 984. The predicted octanol–water partition coefficient (Wildman–Crippen LogP) is 2.81. The molecule has 0 atom stereocenters. The minimum atomic E-state index is -0.720. The molecular formula is C22H23N3O6. The van der Waals surface area contributed by atoms with Crippen molar-refractivity contribution in [1.82, 2.24) is 10.2 Å². The molecule has 0 spiro atoms. The van der Waals surface area contributed by atoms with E-state index in [0.717, 1.165) is 12.1 Å². The number of likely N-dealkylation sites (tertiary alicyclic amines) is 1. The quantitative estimate of drug-likeness (QED) is 0.432. The van der Waals surface area contributed by atoms with Gasteiger partial charge in [-0.2, -0.15) is 0 Å². The van der Waals surface area contributed by atoms with Gasteiger partial charge in [-0.15, -0.1) is 0 Å². The highest BCUT2D eigenvalue weighted by atomic mass is 16.6. The van der Waals surface area contributed by atoms with E-state index < -0.39 is 16.8 Å². The Balaban J connectivity index is 1.66. The smallest absolute Gasteiger partial charge is 0.338 e. The maximum atomic E-state index is 12.9. The van der Waals surface area contributed by atoms with Crippen LogP contribution in [-0.2, 0) is 4.74 Å². The summed E-state index contributed by atoms with van der Waals surface area (Å²) in [4.78, 5) is 49.4. The van der Waals surface area contributed by atoms with E-state index in [1.807, 2.05) is 6.07 Å². The molecule has 2 aromatic rings. The summed E-state index contributed by atoms with van der Waals surface area (Å²) in [7, 11) is 0. The molecule has 9 heteroatoms. The number of nitrogens with zero attached hydrogens (tertiary/aromatic N) is 2. The third kappa shape index (κ3) is 5.44. The van der Waals surface area contributed by atoms with Crippen LogP contribution in [0.25, 0.3) is 0 Å². The minimum Gasteiger partial charge on any atom is -0.462 e. The second-order valence-corrected chi connectivity index (χ2v) is 7.15. The lowest BCUT2D eigenvalue weighted by Gasteiger charge is -2.32. The number of ether oxygens (including phenoxy) is 1. The van der Waals surface area contributed by atoms with Gasteiger partial charge in [-0.1, -0.05) is 18.2 Å². The second-order valence-electron chi connectivity index (χ2n) is 7.15. The van der Waals surface area contributed by atoms with Crippen LogP contribution >= 0.6 is 0 Å². The molecule has 9 nitrogen and oxygen atoms in total. The molecule has 3 rings (SSSR count). The fourth-order valence-electron chi connectivity index (χ4n) is 3.44. The van der Waals surface area contributed by atoms with E-state index in [0.29, 0.717) is 31.5 Å². The van der Waals surface area contributed by atoms with Crippen molar-refractivity contribution in [3.05, 3.63) is 75.3 Å². The molecule has 0 aromatic heterocycles. The summed E-state index contributed by atoms with van der Waals surface area (Å²) in [6, 6.07) is 12.4. The molecule has 0 aliphatic carbocycles. The Kier molecular flexibility index (Phi) is 6.96. The van der Waals surface area contributed by atoms with E-state index in [-0.39, 0.29) is 35.4 Å². The first-order valence-electron chi connectivity index (χ1n) is 10.0. The van der Waals surface area contributed by atoms with Crippen molar-refractivity contribution in [1.29, 1.82) is 0 Å². The number of nitro benzene ring substituents is 1. The molecule has 1 heterocycles. The lowest BCUT2D eigenvalue weighted by atomic mass is 10.0. The molecule has 1 N–H and O–H groups in total. The molecule has 1 aliphatic rings. The summed E-state index contributed by atoms with van der Waals surface area (Å²) in [6.07, 6.45) is 1.12. The van der Waals surface area contributed by atoms with E-state index in [1.54, 1.807) is 36.1 Å². The number of non-ortho nitro benzene ring substituents is 1. The van der Waals surface area contributed by atoms with Gasteiger partial charge in [0.05, 0.1) is 17.1 Å². The van der Waals surface area contributed by atoms with Gasteiger partial charge in [0.25, 0.3) is 17.5 Å². The molecule has 0 saturated carbocycles. The van der Waals surface area contributed by atoms with Crippen LogP contribution in [0.1, 0.15) is 50.8 Å². The number of nitro groups is 1. The Morgan fingerprint density at radius 1 is 1.06 bits per heavy atom. The third-order valence-corrected chi connectivity index (χ3v) is 5.04. The first-order chi connectivity index (χ1) is 14.9. The highest BCUT2D eigenvalue weighted by Gasteiger charge is 2.27. The second kappa shape index (κ2) is 9.84. The maximum absolute atomic E-state index is 12.9. The van der Waals surface area contributed by atoms with Gasteiger partial charge in [0.15, 0.2) is 0 Å². The van der Waals surface area contributed by atoms with Crippen LogP contribution in [-0.4, -0.2) is 53.3 Å². The topological polar surface area (TPSA) is 119 Å². The van der Waals surface area contributed by atoms with Gasteiger partial charge in [-0.3, -0.25) is 19.7 Å². The SMILES string of the molecule is CCOC(=O)c1cc(C(=O)N2CCC(NC(=O)c3ccccc3)CC2)cc([N+](=O)[O-])c1. The number of esters is 1. The fourth-order valence-corrected chi connectivity index (χ4v) is 3.44. The maximum Gasteiger partial charge on any atom is 0.338 e. The van der Waals surface area contributed by atoms with Gasteiger partial charge in [0.1, 0.15) is 0 Å². The number of nitrogens with one attached hydrogen (secondary N) is 1. The molecule has 0 bridgehead atoms. The monoisotopic (exact) mass is 425 g/mol. The van der Waals surface area contributed by atoms with Gasteiger partial charge in [0, 0.05) is 42.4 Å². The van der Waals surface area contributed by atoms with Crippen LogP contribution in [0.3, 0.4) is 0 Å². The standard InChI is InChI=1S/C22H23N3O6/c1-2-31-22(28)17-12-16(13-19(14-17)25(29)30)21(27)24-10-8-18(9-11-24)23-20(26)15-6-4-3-5-7-15/h3-7,12-14,18H,2,8-11H2,1H3,(H,23,26). The van der Waals surface area contributed by atoms with E-state index in [2.05, 4.69) is 5.32 Å². The number of benzene rings is 2. The molecule has 1 aliphatic heterocycles. The van der Waals surface area contributed by atoms with Crippen LogP contribution in [0.4, 0.5) is 5.69 Å². The Labute approximate surface area is 179 Å². The van der Waals surface area contributed by atoms with Crippen LogP contribution in [0.2, 0.25) is 0 Å². The number of piperidine rings is 1. The lowest BCUT2D eigenvalue weighted by Crippen LogP contribution is -2.46. The van der Waals surface area contributed by atoms with Crippen molar-refractivity contribution in [2.45, 2.75) is 25.8 Å². The summed E-state index contributed by atoms with van der Waals surface area (Å²) in [5.74, 6) is -1.28. The van der Waals surface area contributed by atoms with E-state index >= 15 is 0 Å². The average Bonchev–Trinajstić information content (AvgIpc) is 2.79. The lowest BCUT2D eigenvalue weighted by molar-refractivity contribution is -0.384. The number of hydrogen-bond acceptors (Lipinski definition) is 6. The Morgan fingerprint density at radius 2 is 1.71 bits per heavy atom. The van der Waals surface area contributed by atoms with Crippen molar-refractivity contribution in [2.75, 3.05) is 19.7 Å². The van der Waals surface area contributed by atoms with Gasteiger partial charge >= 0.3 is 5.97 Å². The number of carbonyl (C=O) groups excluding carboxylic acids is 3. The molecule has 2 aromatic carbocycles. The predicted molar refractivity (Wildman–Crippen MR) is 112 cm³/mol. The number of amides is 2. The van der Waals surface area contributed by atoms with Crippen molar-refractivity contribution in [2.24, 2.45) is 0 Å². The summed E-state index contributed by atoms with van der Waals surface area (Å²) in [5, 5.41) is 14.2. The van der Waals surface area contributed by atoms with Crippen LogP contribution in [0.5, 0.6) is 0 Å². The molecule has 31 heavy (non-hydrogen) atoms. The van der Waals surface area contributed by atoms with Gasteiger partial charge in [0.2, 0.25) is 0 Å². The van der Waals surface area contributed by atoms with Crippen molar-refractivity contribution < 1.29 is 24.0 Å². The van der Waals surface area contributed by atoms with Gasteiger partial charge in [-0.05, 0) is 38.0 Å². The molecule has 2 amide bonds. The van der Waals surface area contributed by atoms with Crippen LogP contribution in [0, 0.1) is 10.1 Å². The summed E-state index contributed by atoms with van der Waals surface area (Å²) in [5.41, 5.74) is 0.247. The van der Waals surface area contributed by atoms with Crippen LogP contribution in [0.15, 0.2) is 48.5 Å². The third-order valence-electron chi connectivity index (χ3n) is 5.04. The largest absolute Gasteiger partial charge is 0.462 e. The summed E-state index contributed by atoms with van der Waals surface area (Å²) >= 11 is 0. The average molecular weight is 425 g/mol. The molecule has 1 fully saturated rings. The van der Waals surface area contributed by atoms with Crippen LogP contribution < -0.4 is 5.32 Å². The van der Waals surface area contributed by atoms with E-state index in [4.69, 9.17) is 4.74 Å². The summed E-state index contributed by atoms with van der Waals surface area (Å²) in [6.45, 7) is 2.51. The summed E-state index contributed by atoms with van der Waals surface area (Å²) < 4.78 is 4.90. The normalized spacial score (nSPS) is 14.0. The van der Waals surface area contributed by atoms with Crippen molar-refractivity contribution in [3.63, 3.8) is 0 Å². The van der Waals surface area contributed by atoms with E-state index in [9.17, 15) is 24.5 Å². The highest BCUT2D eigenvalue weighted by molar-refractivity contribution is 5.99. The first kappa shape index (κ1) is 21.9. The molecule has 0 unspecified atom stereocenters. The van der Waals surface area contributed by atoms with Gasteiger partial charge in [-0.25, -0.2) is 4.79 Å². The van der Waals surface area contributed by atoms with Gasteiger partial charge < -0.3 is 15.0 Å². The first-order valence-corrected chi connectivity index (χ1v) is 10.0. The minimum absolute atomic E-state index is 0.0376. The molecule has 0 radical (unpaired) electrons. The molecular weight excluding hydrogens is 402 g/mol. The molecule has 1 saturated heterocycles. The zero-order valence-electron chi connectivity index (χ0n) is 17.1. The number of rotatable bonds is 6.